The predicted octanol–water partition coefficient (Wildman–Crippen LogP) is 2.42. The minimum absolute atomic E-state index is 0.0748. The van der Waals surface area contributed by atoms with E-state index in [1.54, 1.807) is 4.90 Å². The van der Waals surface area contributed by atoms with Gasteiger partial charge in [0.2, 0.25) is 0 Å². The maximum atomic E-state index is 12.0. The Morgan fingerprint density at radius 2 is 2.06 bits per heavy atom. The fraction of sp³-hybridized carbons (Fsp3) is 0.923. The standard InChI is InChI=1S/C13H23NO3/c1-10-7-13(8-10)9-14(5-6-16-13)11(15)17-12(2,3)4/h10H,5-9H2,1-4H3. The topological polar surface area (TPSA) is 38.8 Å². The zero-order chi connectivity index (χ0) is 12.7. The SMILES string of the molecule is CC1CC2(C1)CN(C(=O)OC(C)(C)C)CCO2. The average molecular weight is 241 g/mol. The molecule has 0 bridgehead atoms. The van der Waals surface area contributed by atoms with Gasteiger partial charge in [-0.2, -0.15) is 0 Å². The number of ether oxygens (including phenoxy) is 2. The molecule has 4 nitrogen and oxygen atoms in total. The van der Waals surface area contributed by atoms with Crippen LogP contribution in [0.4, 0.5) is 4.79 Å². The molecular weight excluding hydrogens is 218 g/mol. The molecule has 0 aromatic rings. The number of amides is 1. The van der Waals surface area contributed by atoms with Gasteiger partial charge in [0.25, 0.3) is 0 Å². The Morgan fingerprint density at radius 3 is 2.59 bits per heavy atom. The highest BCUT2D eigenvalue weighted by Crippen LogP contribution is 2.42. The van der Waals surface area contributed by atoms with Crippen LogP contribution >= 0.6 is 0 Å². The molecule has 2 fully saturated rings. The molecular formula is C13H23NO3. The van der Waals surface area contributed by atoms with Crippen LogP contribution in [-0.2, 0) is 9.47 Å². The Kier molecular flexibility index (Phi) is 3.10. The van der Waals surface area contributed by atoms with Gasteiger partial charge in [0, 0.05) is 6.54 Å². The first-order valence-electron chi connectivity index (χ1n) is 6.42. The molecule has 1 aliphatic carbocycles. The molecule has 1 spiro atoms. The third-order valence-electron chi connectivity index (χ3n) is 3.34. The van der Waals surface area contributed by atoms with Crippen molar-refractivity contribution in [2.24, 2.45) is 5.92 Å². The summed E-state index contributed by atoms with van der Waals surface area (Å²) in [5, 5.41) is 0. The number of morpholine rings is 1. The molecule has 0 unspecified atom stereocenters. The highest BCUT2D eigenvalue weighted by atomic mass is 16.6. The van der Waals surface area contributed by atoms with E-state index in [4.69, 9.17) is 9.47 Å². The zero-order valence-electron chi connectivity index (χ0n) is 11.3. The van der Waals surface area contributed by atoms with Crippen molar-refractivity contribution >= 4 is 6.09 Å². The molecule has 0 N–H and O–H groups in total. The molecule has 1 heterocycles. The minimum Gasteiger partial charge on any atom is -0.444 e. The fourth-order valence-corrected chi connectivity index (χ4v) is 2.78. The van der Waals surface area contributed by atoms with Crippen molar-refractivity contribution in [2.45, 2.75) is 51.7 Å². The molecule has 0 aromatic heterocycles. The Bertz CT molecular complexity index is 297. The molecule has 0 radical (unpaired) electrons. The van der Waals surface area contributed by atoms with Crippen LogP contribution < -0.4 is 0 Å². The van der Waals surface area contributed by atoms with Crippen LogP contribution in [0.1, 0.15) is 40.5 Å². The lowest BCUT2D eigenvalue weighted by Crippen LogP contribution is -2.59. The smallest absolute Gasteiger partial charge is 0.410 e. The summed E-state index contributed by atoms with van der Waals surface area (Å²) in [5.74, 6) is 0.716. The van der Waals surface area contributed by atoms with Gasteiger partial charge < -0.3 is 14.4 Å². The Balaban J connectivity index is 1.91. The van der Waals surface area contributed by atoms with E-state index in [1.807, 2.05) is 20.8 Å². The largest absolute Gasteiger partial charge is 0.444 e. The summed E-state index contributed by atoms with van der Waals surface area (Å²) in [6.07, 6.45) is 1.92. The average Bonchev–Trinajstić information content (AvgIpc) is 2.13. The van der Waals surface area contributed by atoms with E-state index in [9.17, 15) is 4.79 Å². The molecule has 17 heavy (non-hydrogen) atoms. The molecule has 1 aliphatic heterocycles. The summed E-state index contributed by atoms with van der Waals surface area (Å²) < 4.78 is 11.2. The number of rotatable bonds is 0. The molecule has 0 aromatic carbocycles. The van der Waals surface area contributed by atoms with Crippen LogP contribution in [0.25, 0.3) is 0 Å². The molecule has 4 heteroatoms. The minimum atomic E-state index is -0.421. The molecule has 2 aliphatic rings. The van der Waals surface area contributed by atoms with E-state index in [2.05, 4.69) is 6.92 Å². The van der Waals surface area contributed by atoms with Crippen LogP contribution in [0.3, 0.4) is 0 Å². The molecule has 1 saturated heterocycles. The summed E-state index contributed by atoms with van der Waals surface area (Å²) in [7, 11) is 0. The Hall–Kier alpha value is -0.770. The van der Waals surface area contributed by atoms with Gasteiger partial charge in [0.05, 0.1) is 18.8 Å². The first kappa shape index (κ1) is 12.7. The van der Waals surface area contributed by atoms with Crippen molar-refractivity contribution in [2.75, 3.05) is 19.7 Å². The number of carbonyl (C=O) groups excluding carboxylic acids is 1. The summed E-state index contributed by atoms with van der Waals surface area (Å²) in [6, 6.07) is 0. The van der Waals surface area contributed by atoms with E-state index in [1.165, 1.54) is 0 Å². The van der Waals surface area contributed by atoms with Crippen LogP contribution in [0.5, 0.6) is 0 Å². The molecule has 98 valence electrons. The summed E-state index contributed by atoms with van der Waals surface area (Å²) in [6.45, 7) is 9.87. The Labute approximate surface area is 103 Å². The van der Waals surface area contributed by atoms with Gasteiger partial charge in [-0.1, -0.05) is 6.92 Å². The van der Waals surface area contributed by atoms with Crippen LogP contribution in [0, 0.1) is 5.92 Å². The van der Waals surface area contributed by atoms with Crippen LogP contribution in [-0.4, -0.2) is 41.9 Å². The maximum absolute atomic E-state index is 12.0. The fourth-order valence-electron chi connectivity index (χ4n) is 2.78. The van der Waals surface area contributed by atoms with Crippen molar-refractivity contribution in [3.05, 3.63) is 0 Å². The molecule has 0 atom stereocenters. The zero-order valence-corrected chi connectivity index (χ0v) is 11.3. The maximum Gasteiger partial charge on any atom is 0.410 e. The highest BCUT2D eigenvalue weighted by molar-refractivity contribution is 5.68. The number of hydrogen-bond donors (Lipinski definition) is 0. The van der Waals surface area contributed by atoms with Crippen molar-refractivity contribution in [1.29, 1.82) is 0 Å². The van der Waals surface area contributed by atoms with Crippen molar-refractivity contribution < 1.29 is 14.3 Å². The monoisotopic (exact) mass is 241 g/mol. The second-order valence-corrected chi connectivity index (χ2v) is 6.45. The van der Waals surface area contributed by atoms with Crippen LogP contribution in [0.2, 0.25) is 0 Å². The van der Waals surface area contributed by atoms with Gasteiger partial charge in [0.15, 0.2) is 0 Å². The van der Waals surface area contributed by atoms with E-state index in [-0.39, 0.29) is 11.7 Å². The number of nitrogens with zero attached hydrogens (tertiary/aromatic N) is 1. The lowest BCUT2D eigenvalue weighted by Gasteiger charge is -2.51. The second kappa shape index (κ2) is 4.16. The predicted molar refractivity (Wildman–Crippen MR) is 64.9 cm³/mol. The number of hydrogen-bond acceptors (Lipinski definition) is 3. The quantitative estimate of drug-likeness (QED) is 0.654. The van der Waals surface area contributed by atoms with Gasteiger partial charge in [-0.3, -0.25) is 0 Å². The van der Waals surface area contributed by atoms with Crippen molar-refractivity contribution in [1.82, 2.24) is 4.90 Å². The lowest BCUT2D eigenvalue weighted by molar-refractivity contribution is -0.167. The van der Waals surface area contributed by atoms with Crippen molar-refractivity contribution in [3.8, 4) is 0 Å². The lowest BCUT2D eigenvalue weighted by atomic mass is 9.71. The van der Waals surface area contributed by atoms with Gasteiger partial charge >= 0.3 is 6.09 Å². The summed E-state index contributed by atoms with van der Waals surface area (Å²) >= 11 is 0. The first-order valence-corrected chi connectivity index (χ1v) is 6.42. The summed E-state index contributed by atoms with van der Waals surface area (Å²) in [5.41, 5.74) is -0.496. The third-order valence-corrected chi connectivity index (χ3v) is 3.34. The van der Waals surface area contributed by atoms with E-state index in [0.29, 0.717) is 25.6 Å². The summed E-state index contributed by atoms with van der Waals surface area (Å²) in [4.78, 5) is 13.8. The number of carbonyl (C=O) groups is 1. The van der Waals surface area contributed by atoms with Crippen LogP contribution in [0.15, 0.2) is 0 Å². The van der Waals surface area contributed by atoms with E-state index < -0.39 is 5.60 Å². The van der Waals surface area contributed by atoms with Gasteiger partial charge in [-0.25, -0.2) is 4.79 Å². The molecule has 1 saturated carbocycles. The van der Waals surface area contributed by atoms with Gasteiger partial charge in [-0.15, -0.1) is 0 Å². The van der Waals surface area contributed by atoms with Crippen molar-refractivity contribution in [3.63, 3.8) is 0 Å². The van der Waals surface area contributed by atoms with Gasteiger partial charge in [-0.05, 0) is 39.5 Å². The van der Waals surface area contributed by atoms with Gasteiger partial charge in [0.1, 0.15) is 5.60 Å². The Morgan fingerprint density at radius 1 is 1.41 bits per heavy atom. The third kappa shape index (κ3) is 2.92. The van der Waals surface area contributed by atoms with E-state index >= 15 is 0 Å². The first-order chi connectivity index (χ1) is 7.80. The van der Waals surface area contributed by atoms with E-state index in [0.717, 1.165) is 12.8 Å². The normalized spacial score (nSPS) is 33.4. The highest BCUT2D eigenvalue weighted by Gasteiger charge is 2.47. The second-order valence-electron chi connectivity index (χ2n) is 6.45. The molecule has 2 rings (SSSR count). The molecule has 1 amide bonds.